The van der Waals surface area contributed by atoms with Gasteiger partial charge < -0.3 is 10.1 Å². The minimum atomic E-state index is -3.67. The molecule has 0 spiro atoms. The zero-order chi connectivity index (χ0) is 24.6. The number of piperidine rings is 1. The summed E-state index contributed by atoms with van der Waals surface area (Å²) in [5.41, 5.74) is 2.66. The van der Waals surface area contributed by atoms with Crippen molar-refractivity contribution in [1.29, 1.82) is 5.26 Å². The number of carbonyl (C=O) groups is 2. The number of nitriles is 1. The second kappa shape index (κ2) is 11.8. The second-order valence-corrected chi connectivity index (χ2v) is 10.3. The van der Waals surface area contributed by atoms with Crippen molar-refractivity contribution in [1.82, 2.24) is 9.62 Å². The van der Waals surface area contributed by atoms with Crippen molar-refractivity contribution < 1.29 is 22.7 Å². The van der Waals surface area contributed by atoms with Crippen molar-refractivity contribution >= 4 is 21.9 Å². The number of benzene rings is 2. The van der Waals surface area contributed by atoms with E-state index in [9.17, 15) is 18.0 Å². The van der Waals surface area contributed by atoms with Gasteiger partial charge in [0.25, 0.3) is 0 Å². The van der Waals surface area contributed by atoms with Crippen molar-refractivity contribution in [3.8, 4) is 6.07 Å². The van der Waals surface area contributed by atoms with Crippen LogP contribution >= 0.6 is 0 Å². The van der Waals surface area contributed by atoms with Crippen LogP contribution in [0.4, 0.5) is 0 Å². The van der Waals surface area contributed by atoms with Crippen LogP contribution in [0.2, 0.25) is 0 Å². The molecule has 1 amide bonds. The second-order valence-electron chi connectivity index (χ2n) is 8.32. The van der Waals surface area contributed by atoms with E-state index in [1.165, 1.54) is 34.1 Å². The molecule has 180 valence electrons. The average molecular weight is 484 g/mol. The summed E-state index contributed by atoms with van der Waals surface area (Å²) >= 11 is 0. The van der Waals surface area contributed by atoms with Crippen LogP contribution in [0.3, 0.4) is 0 Å². The fraction of sp³-hybridized carbons (Fsp3) is 0.400. The maximum Gasteiger partial charge on any atom is 0.309 e. The summed E-state index contributed by atoms with van der Waals surface area (Å²) in [5.74, 6) is -0.841. The maximum atomic E-state index is 12.8. The number of sulfonamides is 1. The zero-order valence-electron chi connectivity index (χ0n) is 19.2. The molecule has 0 bridgehead atoms. The Morgan fingerprint density at radius 2 is 1.74 bits per heavy atom. The molecule has 1 fully saturated rings. The predicted octanol–water partition coefficient (Wildman–Crippen LogP) is 2.56. The molecule has 1 aliphatic heterocycles. The number of rotatable bonds is 9. The van der Waals surface area contributed by atoms with E-state index in [2.05, 4.69) is 5.32 Å². The minimum absolute atomic E-state index is 0.0822. The molecule has 1 heterocycles. The van der Waals surface area contributed by atoms with Gasteiger partial charge in [-0.25, -0.2) is 8.42 Å². The normalized spacial score (nSPS) is 14.8. The van der Waals surface area contributed by atoms with Crippen LogP contribution in [0.25, 0.3) is 0 Å². The number of amides is 1. The van der Waals surface area contributed by atoms with Crippen LogP contribution in [-0.4, -0.2) is 50.8 Å². The SMILES string of the molecule is Cc1ccc(CCC(=O)NCCOC(=O)C2CCN(S(=O)(=O)c3ccc(C#N)cc3)CC2)cc1. The number of hydrogen-bond acceptors (Lipinski definition) is 6. The molecule has 2 aromatic carbocycles. The first-order valence-corrected chi connectivity index (χ1v) is 12.7. The van der Waals surface area contributed by atoms with Gasteiger partial charge >= 0.3 is 5.97 Å². The fourth-order valence-corrected chi connectivity index (χ4v) is 5.21. The Kier molecular flexibility index (Phi) is 8.79. The maximum absolute atomic E-state index is 12.8. The summed E-state index contributed by atoms with van der Waals surface area (Å²) in [5, 5.41) is 11.6. The quantitative estimate of drug-likeness (QED) is 0.433. The molecule has 2 aromatic rings. The van der Waals surface area contributed by atoms with Gasteiger partial charge in [-0.1, -0.05) is 29.8 Å². The number of nitrogens with zero attached hydrogens (tertiary/aromatic N) is 2. The first kappa shape index (κ1) is 25.4. The number of ether oxygens (including phenoxy) is 1. The topological polar surface area (TPSA) is 117 Å². The Balaban J connectivity index is 1.35. The number of nitrogens with one attached hydrogen (secondary N) is 1. The molecule has 8 nitrogen and oxygen atoms in total. The molecule has 34 heavy (non-hydrogen) atoms. The first-order valence-electron chi connectivity index (χ1n) is 11.3. The number of esters is 1. The van der Waals surface area contributed by atoms with Gasteiger partial charge in [-0.05, 0) is 56.0 Å². The third-order valence-electron chi connectivity index (χ3n) is 5.84. The molecule has 9 heteroatoms. The van der Waals surface area contributed by atoms with Crippen LogP contribution in [0, 0.1) is 24.2 Å². The lowest BCUT2D eigenvalue weighted by Crippen LogP contribution is -2.40. The Bertz CT molecular complexity index is 1130. The average Bonchev–Trinajstić information content (AvgIpc) is 2.86. The van der Waals surface area contributed by atoms with Gasteiger partial charge in [-0.3, -0.25) is 9.59 Å². The summed E-state index contributed by atoms with van der Waals surface area (Å²) in [6.45, 7) is 2.78. The highest BCUT2D eigenvalue weighted by Gasteiger charge is 2.32. The Hall–Kier alpha value is -3.22. The highest BCUT2D eigenvalue weighted by atomic mass is 32.2. The van der Waals surface area contributed by atoms with E-state index in [0.717, 1.165) is 5.56 Å². The van der Waals surface area contributed by atoms with Gasteiger partial charge in [0.1, 0.15) is 6.61 Å². The molecule has 0 radical (unpaired) electrons. The Morgan fingerprint density at radius 3 is 2.35 bits per heavy atom. The fourth-order valence-electron chi connectivity index (χ4n) is 3.74. The van der Waals surface area contributed by atoms with Gasteiger partial charge in [-0.2, -0.15) is 9.57 Å². The monoisotopic (exact) mass is 483 g/mol. The molecule has 0 aliphatic carbocycles. The van der Waals surface area contributed by atoms with Gasteiger partial charge in [0.15, 0.2) is 0 Å². The summed E-state index contributed by atoms with van der Waals surface area (Å²) < 4.78 is 32.2. The predicted molar refractivity (Wildman–Crippen MR) is 126 cm³/mol. The number of aryl methyl sites for hydroxylation is 2. The van der Waals surface area contributed by atoms with Crippen molar-refractivity contribution in [3.05, 3.63) is 65.2 Å². The lowest BCUT2D eigenvalue weighted by atomic mass is 9.98. The van der Waals surface area contributed by atoms with E-state index in [0.29, 0.717) is 31.2 Å². The van der Waals surface area contributed by atoms with Crippen molar-refractivity contribution in [3.63, 3.8) is 0 Å². The van der Waals surface area contributed by atoms with Crippen LogP contribution in [-0.2, 0) is 30.8 Å². The zero-order valence-corrected chi connectivity index (χ0v) is 20.0. The summed E-state index contributed by atoms with van der Waals surface area (Å²) in [6, 6.07) is 15.8. The first-order chi connectivity index (χ1) is 16.3. The molecule has 0 saturated carbocycles. The van der Waals surface area contributed by atoms with E-state index in [1.54, 1.807) is 0 Å². The van der Waals surface area contributed by atoms with E-state index in [-0.39, 0.29) is 48.9 Å². The van der Waals surface area contributed by atoms with E-state index in [4.69, 9.17) is 10.00 Å². The van der Waals surface area contributed by atoms with Gasteiger partial charge in [0.05, 0.1) is 29.0 Å². The molecule has 0 unspecified atom stereocenters. The van der Waals surface area contributed by atoms with E-state index < -0.39 is 10.0 Å². The minimum Gasteiger partial charge on any atom is -0.464 e. The van der Waals surface area contributed by atoms with Gasteiger partial charge in [0, 0.05) is 19.5 Å². The molecule has 0 aromatic heterocycles. The smallest absolute Gasteiger partial charge is 0.309 e. The number of carbonyl (C=O) groups excluding carboxylic acids is 2. The van der Waals surface area contributed by atoms with Crippen molar-refractivity contribution in [2.24, 2.45) is 5.92 Å². The van der Waals surface area contributed by atoms with Crippen LogP contribution < -0.4 is 5.32 Å². The largest absolute Gasteiger partial charge is 0.464 e. The molecular formula is C25H29N3O5S. The van der Waals surface area contributed by atoms with E-state index in [1.807, 2.05) is 37.3 Å². The Labute approximate surface area is 200 Å². The Morgan fingerprint density at radius 1 is 1.09 bits per heavy atom. The molecular weight excluding hydrogens is 454 g/mol. The molecule has 0 atom stereocenters. The molecule has 1 aliphatic rings. The summed E-state index contributed by atoms with van der Waals surface area (Å²) in [6.07, 6.45) is 1.76. The van der Waals surface area contributed by atoms with Crippen LogP contribution in [0.15, 0.2) is 53.4 Å². The lowest BCUT2D eigenvalue weighted by molar-refractivity contribution is -0.150. The summed E-state index contributed by atoms with van der Waals surface area (Å²) in [7, 11) is -3.67. The highest BCUT2D eigenvalue weighted by Crippen LogP contribution is 2.24. The molecule has 1 N–H and O–H groups in total. The van der Waals surface area contributed by atoms with Crippen LogP contribution in [0.5, 0.6) is 0 Å². The number of hydrogen-bond donors (Lipinski definition) is 1. The third kappa shape index (κ3) is 6.89. The molecule has 1 saturated heterocycles. The summed E-state index contributed by atoms with van der Waals surface area (Å²) in [4.78, 5) is 24.5. The van der Waals surface area contributed by atoms with Crippen LogP contribution in [0.1, 0.15) is 36.0 Å². The van der Waals surface area contributed by atoms with Crippen molar-refractivity contribution in [2.75, 3.05) is 26.2 Å². The van der Waals surface area contributed by atoms with E-state index >= 15 is 0 Å². The lowest BCUT2D eigenvalue weighted by Gasteiger charge is -2.30. The van der Waals surface area contributed by atoms with Gasteiger partial charge in [-0.15, -0.1) is 0 Å². The third-order valence-corrected chi connectivity index (χ3v) is 7.75. The van der Waals surface area contributed by atoms with Crippen molar-refractivity contribution in [2.45, 2.75) is 37.5 Å². The molecule has 3 rings (SSSR count). The highest BCUT2D eigenvalue weighted by molar-refractivity contribution is 7.89. The standard InChI is InChI=1S/C25H29N3O5S/c1-19-2-4-20(5-3-19)8-11-24(29)27-14-17-33-25(30)22-12-15-28(16-13-22)34(31,32)23-9-6-21(18-26)7-10-23/h2-7,9-10,22H,8,11-17H2,1H3,(H,27,29). The van der Waals surface area contributed by atoms with Gasteiger partial charge in [0.2, 0.25) is 15.9 Å².